The maximum atomic E-state index is 12.9. The van der Waals surface area contributed by atoms with Gasteiger partial charge in [-0.3, -0.25) is 4.98 Å². The van der Waals surface area contributed by atoms with Crippen molar-refractivity contribution in [3.05, 3.63) is 65.5 Å². The van der Waals surface area contributed by atoms with E-state index in [1.807, 2.05) is 30.3 Å². The van der Waals surface area contributed by atoms with E-state index in [0.717, 1.165) is 17.8 Å². The number of benzene rings is 1. The number of aromatic nitrogens is 1. The molecular formula is C15H15F3N2. The smallest absolute Gasteiger partial charge is 0.324 e. The molecule has 106 valence electrons. The monoisotopic (exact) mass is 280 g/mol. The Balaban J connectivity index is 2.12. The summed E-state index contributed by atoms with van der Waals surface area (Å²) in [6, 6.07) is 9.84. The molecule has 0 aliphatic rings. The number of nitrogens with two attached hydrogens (primary N) is 1. The zero-order valence-corrected chi connectivity index (χ0v) is 10.8. The molecule has 0 bridgehead atoms. The fourth-order valence-corrected chi connectivity index (χ4v) is 2.08. The zero-order valence-electron chi connectivity index (χ0n) is 10.8. The number of nitrogens with zero attached hydrogens (tertiary/aromatic N) is 1. The highest BCUT2D eigenvalue weighted by Crippen LogP contribution is 2.34. The minimum absolute atomic E-state index is 0.0518. The summed E-state index contributed by atoms with van der Waals surface area (Å²) in [5.74, 6) is 0. The van der Waals surface area contributed by atoms with Gasteiger partial charge in [0.05, 0.1) is 5.56 Å². The summed E-state index contributed by atoms with van der Waals surface area (Å²) in [5.41, 5.74) is 6.31. The summed E-state index contributed by atoms with van der Waals surface area (Å²) in [4.78, 5) is 3.75. The van der Waals surface area contributed by atoms with Crippen LogP contribution in [0.3, 0.4) is 0 Å². The second-order valence-electron chi connectivity index (χ2n) is 4.59. The van der Waals surface area contributed by atoms with Crippen molar-refractivity contribution in [3.63, 3.8) is 0 Å². The molecule has 2 aromatic rings. The Bertz CT molecular complexity index is 553. The van der Waals surface area contributed by atoms with E-state index in [9.17, 15) is 13.2 Å². The van der Waals surface area contributed by atoms with Crippen LogP contribution in [-0.2, 0) is 12.6 Å². The van der Waals surface area contributed by atoms with Crippen LogP contribution in [0.5, 0.6) is 0 Å². The summed E-state index contributed by atoms with van der Waals surface area (Å²) < 4.78 is 38.7. The topological polar surface area (TPSA) is 38.9 Å². The van der Waals surface area contributed by atoms with Crippen LogP contribution in [0.4, 0.5) is 13.2 Å². The molecule has 20 heavy (non-hydrogen) atoms. The van der Waals surface area contributed by atoms with Gasteiger partial charge in [0, 0.05) is 18.4 Å². The molecule has 0 fully saturated rings. The third-order valence-corrected chi connectivity index (χ3v) is 3.14. The summed E-state index contributed by atoms with van der Waals surface area (Å²) in [5, 5.41) is 0. The number of pyridine rings is 1. The number of alkyl halides is 3. The minimum atomic E-state index is -4.40. The van der Waals surface area contributed by atoms with Crippen LogP contribution < -0.4 is 5.73 Å². The van der Waals surface area contributed by atoms with Crippen molar-refractivity contribution >= 4 is 0 Å². The third kappa shape index (κ3) is 3.57. The Hall–Kier alpha value is -1.88. The zero-order chi connectivity index (χ0) is 14.6. The lowest BCUT2D eigenvalue weighted by Gasteiger charge is -2.17. The Morgan fingerprint density at radius 1 is 1.10 bits per heavy atom. The predicted octanol–water partition coefficient (Wildman–Crippen LogP) is 3.73. The van der Waals surface area contributed by atoms with Gasteiger partial charge in [0.25, 0.3) is 0 Å². The van der Waals surface area contributed by atoms with Gasteiger partial charge in [-0.05, 0) is 30.0 Å². The molecule has 0 spiro atoms. The number of hydrogen-bond acceptors (Lipinski definition) is 2. The molecule has 0 saturated heterocycles. The van der Waals surface area contributed by atoms with Crippen molar-refractivity contribution in [1.82, 2.24) is 4.98 Å². The molecule has 0 radical (unpaired) electrons. The van der Waals surface area contributed by atoms with Crippen molar-refractivity contribution in [2.24, 2.45) is 5.73 Å². The van der Waals surface area contributed by atoms with Gasteiger partial charge in [-0.25, -0.2) is 0 Å². The fourth-order valence-electron chi connectivity index (χ4n) is 2.08. The molecule has 2 N–H and O–H groups in total. The van der Waals surface area contributed by atoms with Gasteiger partial charge < -0.3 is 5.73 Å². The largest absolute Gasteiger partial charge is 0.416 e. The van der Waals surface area contributed by atoms with Gasteiger partial charge in [-0.2, -0.15) is 13.2 Å². The number of aryl methyl sites for hydroxylation is 1. The van der Waals surface area contributed by atoms with Crippen LogP contribution in [0.15, 0.2) is 48.8 Å². The molecule has 0 aliphatic heterocycles. The van der Waals surface area contributed by atoms with Crippen molar-refractivity contribution < 1.29 is 13.2 Å². The highest BCUT2D eigenvalue weighted by Gasteiger charge is 2.34. The minimum Gasteiger partial charge on any atom is -0.324 e. The van der Waals surface area contributed by atoms with E-state index < -0.39 is 17.8 Å². The Kier molecular flexibility index (Phi) is 4.39. The van der Waals surface area contributed by atoms with E-state index in [4.69, 9.17) is 5.73 Å². The molecule has 2 nitrogen and oxygen atoms in total. The second-order valence-corrected chi connectivity index (χ2v) is 4.59. The standard InChI is InChI=1S/C15H15F3N2/c16-15(17,18)13-8-9-20-10-12(13)14(19)7-6-11-4-2-1-3-5-11/h1-5,8-10,14H,6-7,19H2. The van der Waals surface area contributed by atoms with Crippen LogP contribution in [-0.4, -0.2) is 4.98 Å². The Labute approximate surface area is 115 Å². The van der Waals surface area contributed by atoms with Gasteiger partial charge >= 0.3 is 6.18 Å². The van der Waals surface area contributed by atoms with Crippen molar-refractivity contribution in [2.45, 2.75) is 25.1 Å². The first-order valence-electron chi connectivity index (χ1n) is 6.29. The quantitative estimate of drug-likeness (QED) is 0.926. The highest BCUT2D eigenvalue weighted by atomic mass is 19.4. The van der Waals surface area contributed by atoms with Crippen LogP contribution in [0.25, 0.3) is 0 Å². The first-order valence-corrected chi connectivity index (χ1v) is 6.29. The molecule has 1 heterocycles. The molecule has 1 atom stereocenters. The summed E-state index contributed by atoms with van der Waals surface area (Å²) in [6.07, 6.45) is -0.982. The maximum absolute atomic E-state index is 12.9. The SMILES string of the molecule is NC(CCc1ccccc1)c1cnccc1C(F)(F)F. The number of hydrogen-bond donors (Lipinski definition) is 1. The summed E-state index contributed by atoms with van der Waals surface area (Å²) in [6.45, 7) is 0. The van der Waals surface area contributed by atoms with Crippen LogP contribution in [0.2, 0.25) is 0 Å². The second kappa shape index (κ2) is 6.05. The van der Waals surface area contributed by atoms with E-state index in [2.05, 4.69) is 4.98 Å². The number of halogens is 3. The van der Waals surface area contributed by atoms with E-state index in [1.165, 1.54) is 6.20 Å². The molecular weight excluding hydrogens is 265 g/mol. The average molecular weight is 280 g/mol. The normalized spacial score (nSPS) is 13.2. The Morgan fingerprint density at radius 2 is 1.80 bits per heavy atom. The molecule has 0 aliphatic carbocycles. The molecule has 0 saturated carbocycles. The van der Waals surface area contributed by atoms with Crippen molar-refractivity contribution in [3.8, 4) is 0 Å². The van der Waals surface area contributed by atoms with Crippen molar-refractivity contribution in [1.29, 1.82) is 0 Å². The van der Waals surface area contributed by atoms with Gasteiger partial charge in [0.1, 0.15) is 0 Å². The first-order chi connectivity index (χ1) is 9.48. The third-order valence-electron chi connectivity index (χ3n) is 3.14. The lowest BCUT2D eigenvalue weighted by molar-refractivity contribution is -0.138. The van der Waals surface area contributed by atoms with Crippen LogP contribution in [0.1, 0.15) is 29.2 Å². The Morgan fingerprint density at radius 3 is 2.45 bits per heavy atom. The highest BCUT2D eigenvalue weighted by molar-refractivity contribution is 5.29. The van der Waals surface area contributed by atoms with E-state index in [1.54, 1.807) is 0 Å². The first kappa shape index (κ1) is 14.5. The summed E-state index contributed by atoms with van der Waals surface area (Å²) >= 11 is 0. The lowest BCUT2D eigenvalue weighted by Crippen LogP contribution is -2.18. The lowest BCUT2D eigenvalue weighted by atomic mass is 9.97. The molecule has 1 unspecified atom stereocenters. The average Bonchev–Trinajstić information content (AvgIpc) is 2.45. The molecule has 1 aromatic heterocycles. The molecule has 2 rings (SSSR count). The van der Waals surface area contributed by atoms with Gasteiger partial charge in [0.15, 0.2) is 0 Å². The van der Waals surface area contributed by atoms with Crippen LogP contribution in [0, 0.1) is 0 Å². The van der Waals surface area contributed by atoms with Crippen LogP contribution >= 0.6 is 0 Å². The van der Waals surface area contributed by atoms with Crippen molar-refractivity contribution in [2.75, 3.05) is 0 Å². The van der Waals surface area contributed by atoms with E-state index >= 15 is 0 Å². The van der Waals surface area contributed by atoms with E-state index in [-0.39, 0.29) is 5.56 Å². The number of rotatable bonds is 4. The van der Waals surface area contributed by atoms with E-state index in [0.29, 0.717) is 12.8 Å². The van der Waals surface area contributed by atoms with Gasteiger partial charge in [0.2, 0.25) is 0 Å². The van der Waals surface area contributed by atoms with Gasteiger partial charge in [-0.1, -0.05) is 30.3 Å². The maximum Gasteiger partial charge on any atom is 0.416 e. The molecule has 5 heteroatoms. The molecule has 0 amide bonds. The fraction of sp³-hybridized carbons (Fsp3) is 0.267. The molecule has 1 aromatic carbocycles. The predicted molar refractivity (Wildman–Crippen MR) is 70.9 cm³/mol. The summed E-state index contributed by atoms with van der Waals surface area (Å²) in [7, 11) is 0. The van der Waals surface area contributed by atoms with Gasteiger partial charge in [-0.15, -0.1) is 0 Å².